The zero-order chi connectivity index (χ0) is 24.5. The molecule has 2 aliphatic heterocycles. The summed E-state index contributed by atoms with van der Waals surface area (Å²) in [5, 5.41) is 4.81. The van der Waals surface area contributed by atoms with Crippen LogP contribution >= 0.6 is 12.4 Å². The molecule has 3 rings (SSSR count). The van der Waals surface area contributed by atoms with Crippen molar-refractivity contribution in [3.63, 3.8) is 0 Å². The van der Waals surface area contributed by atoms with Crippen LogP contribution in [0.25, 0.3) is 0 Å². The van der Waals surface area contributed by atoms with Gasteiger partial charge in [0.1, 0.15) is 6.04 Å². The Morgan fingerprint density at radius 2 is 1.60 bits per heavy atom. The minimum absolute atomic E-state index is 0. The Balaban J connectivity index is 0.00000432. The third-order valence-electron chi connectivity index (χ3n) is 5.20. The van der Waals surface area contributed by atoms with Gasteiger partial charge < -0.3 is 25.3 Å². The number of piperidine rings is 1. The quantitative estimate of drug-likeness (QED) is 0.240. The Hall–Kier alpha value is -2.90. The molecule has 0 radical (unpaired) electrons. The Labute approximate surface area is 208 Å². The second-order valence-corrected chi connectivity index (χ2v) is 7.63. The fraction of sp³-hybridized carbons (Fsp3) is 0.500. The first-order valence-electron chi connectivity index (χ1n) is 11.0. The van der Waals surface area contributed by atoms with Gasteiger partial charge in [-0.15, -0.1) is 12.4 Å². The van der Waals surface area contributed by atoms with Crippen molar-refractivity contribution in [2.24, 2.45) is 5.73 Å². The molecule has 4 N–H and O–H groups in total. The van der Waals surface area contributed by atoms with Crippen molar-refractivity contribution in [1.29, 1.82) is 0 Å². The number of halogens is 1. The molecule has 192 valence electrons. The van der Waals surface area contributed by atoms with E-state index in [9.17, 15) is 24.0 Å². The molecule has 1 unspecified atom stereocenters. The molecule has 0 aromatic heterocycles. The van der Waals surface area contributed by atoms with Gasteiger partial charge in [0.15, 0.2) is 0 Å². The number of benzene rings is 1. The third-order valence-corrected chi connectivity index (χ3v) is 5.20. The highest BCUT2D eigenvalue weighted by Gasteiger charge is 2.44. The molecule has 35 heavy (non-hydrogen) atoms. The van der Waals surface area contributed by atoms with Crippen LogP contribution in [0.3, 0.4) is 0 Å². The first-order valence-corrected chi connectivity index (χ1v) is 11.0. The maximum Gasteiger partial charge on any atom is 0.262 e. The number of hydrogen-bond donors (Lipinski definition) is 3. The molecule has 2 aliphatic rings. The maximum atomic E-state index is 12.8. The van der Waals surface area contributed by atoms with Crippen molar-refractivity contribution in [2.45, 2.75) is 25.3 Å². The zero-order valence-electron chi connectivity index (χ0n) is 19.1. The first-order chi connectivity index (χ1) is 16.4. The molecule has 5 amide bonds. The van der Waals surface area contributed by atoms with Crippen molar-refractivity contribution >= 4 is 47.6 Å². The molecule has 1 aromatic carbocycles. The Morgan fingerprint density at radius 1 is 0.971 bits per heavy atom. The van der Waals surface area contributed by atoms with E-state index < -0.39 is 29.7 Å². The number of rotatable bonds is 13. The summed E-state index contributed by atoms with van der Waals surface area (Å²) < 4.78 is 15.8. The molecule has 0 bridgehead atoms. The largest absolute Gasteiger partial charge is 0.379 e. The van der Waals surface area contributed by atoms with Gasteiger partial charge in [0.05, 0.1) is 57.2 Å². The summed E-state index contributed by atoms with van der Waals surface area (Å²) in [6.45, 7) is 2.73. The smallest absolute Gasteiger partial charge is 0.262 e. The molecule has 0 saturated carbocycles. The van der Waals surface area contributed by atoms with E-state index in [4.69, 9.17) is 19.9 Å². The second-order valence-electron chi connectivity index (χ2n) is 7.63. The van der Waals surface area contributed by atoms with E-state index >= 15 is 0 Å². The lowest BCUT2D eigenvalue weighted by atomic mass is 10.0. The van der Waals surface area contributed by atoms with Gasteiger partial charge in [0.2, 0.25) is 17.7 Å². The fourth-order valence-electron chi connectivity index (χ4n) is 3.56. The molecular formula is C22H29ClN4O8. The van der Waals surface area contributed by atoms with Crippen molar-refractivity contribution in [3.8, 4) is 0 Å². The van der Waals surface area contributed by atoms with Crippen LogP contribution in [0.2, 0.25) is 0 Å². The van der Waals surface area contributed by atoms with E-state index in [0.717, 1.165) is 4.90 Å². The van der Waals surface area contributed by atoms with Crippen LogP contribution in [0.4, 0.5) is 5.69 Å². The molecule has 0 aliphatic carbocycles. The lowest BCUT2D eigenvalue weighted by Gasteiger charge is -2.27. The average Bonchev–Trinajstić information content (AvgIpc) is 3.05. The summed E-state index contributed by atoms with van der Waals surface area (Å²) in [7, 11) is 0. The van der Waals surface area contributed by atoms with Crippen LogP contribution in [0.15, 0.2) is 18.2 Å². The Bertz CT molecular complexity index is 957. The van der Waals surface area contributed by atoms with E-state index in [1.807, 2.05) is 0 Å². The van der Waals surface area contributed by atoms with Crippen LogP contribution < -0.4 is 16.4 Å². The number of carbonyl (C=O) groups excluding carboxylic acids is 5. The van der Waals surface area contributed by atoms with Gasteiger partial charge in [0.25, 0.3) is 11.8 Å². The highest BCUT2D eigenvalue weighted by molar-refractivity contribution is 6.23. The van der Waals surface area contributed by atoms with Crippen LogP contribution in [0, 0.1) is 0 Å². The predicted octanol–water partition coefficient (Wildman–Crippen LogP) is -0.153. The SMILES string of the molecule is Cl.NCCOCCOCCOCCC(=O)Nc1ccc2c(c1)C(=O)N(C1CCC(=O)NC1=O)C2=O. The van der Waals surface area contributed by atoms with Crippen molar-refractivity contribution < 1.29 is 38.2 Å². The minimum atomic E-state index is -1.04. The van der Waals surface area contributed by atoms with E-state index in [1.165, 1.54) is 18.2 Å². The lowest BCUT2D eigenvalue weighted by molar-refractivity contribution is -0.136. The summed E-state index contributed by atoms with van der Waals surface area (Å²) in [6, 6.07) is 3.31. The van der Waals surface area contributed by atoms with Crippen LogP contribution in [-0.2, 0) is 28.6 Å². The number of nitrogens with two attached hydrogens (primary N) is 1. The standard InChI is InChI=1S/C22H28N4O8.ClH/c23-6-8-33-10-12-34-11-9-32-7-5-19(28)24-14-1-2-15-16(13-14)22(31)26(21(15)30)17-3-4-18(27)25-20(17)29;/h1-2,13,17H,3-12,23H2,(H,24,28)(H,25,27,29);1H. The van der Waals surface area contributed by atoms with Gasteiger partial charge in [-0.3, -0.25) is 34.2 Å². The molecule has 1 fully saturated rings. The van der Waals surface area contributed by atoms with Gasteiger partial charge in [0, 0.05) is 18.7 Å². The molecule has 1 atom stereocenters. The van der Waals surface area contributed by atoms with Gasteiger partial charge in [-0.25, -0.2) is 0 Å². The monoisotopic (exact) mass is 512 g/mol. The molecule has 1 aromatic rings. The van der Waals surface area contributed by atoms with E-state index in [0.29, 0.717) is 45.3 Å². The van der Waals surface area contributed by atoms with E-state index in [-0.39, 0.29) is 55.3 Å². The van der Waals surface area contributed by atoms with Crippen LogP contribution in [0.5, 0.6) is 0 Å². The molecule has 1 saturated heterocycles. The van der Waals surface area contributed by atoms with Crippen molar-refractivity contribution in [1.82, 2.24) is 10.2 Å². The average molecular weight is 513 g/mol. The van der Waals surface area contributed by atoms with Gasteiger partial charge >= 0.3 is 0 Å². The zero-order valence-corrected chi connectivity index (χ0v) is 19.9. The van der Waals surface area contributed by atoms with Crippen molar-refractivity contribution in [2.75, 3.05) is 51.5 Å². The normalized spacial score (nSPS) is 17.2. The van der Waals surface area contributed by atoms with Crippen molar-refractivity contribution in [3.05, 3.63) is 29.3 Å². The van der Waals surface area contributed by atoms with Crippen LogP contribution in [0.1, 0.15) is 40.0 Å². The summed E-state index contributed by atoms with van der Waals surface area (Å²) >= 11 is 0. The third kappa shape index (κ3) is 7.54. The number of imide groups is 2. The topological polar surface area (TPSA) is 166 Å². The molecule has 2 heterocycles. The number of nitrogens with one attached hydrogen (secondary N) is 2. The molecule has 13 heteroatoms. The summed E-state index contributed by atoms with van der Waals surface area (Å²) in [6.07, 6.45) is 0.210. The Morgan fingerprint density at radius 3 is 2.26 bits per heavy atom. The summed E-state index contributed by atoms with van der Waals surface area (Å²) in [5.74, 6) is -2.68. The number of nitrogens with zero attached hydrogens (tertiary/aromatic N) is 1. The Kier molecular flexibility index (Phi) is 11.2. The minimum Gasteiger partial charge on any atom is -0.379 e. The number of ether oxygens (including phenoxy) is 3. The second kappa shape index (κ2) is 13.9. The summed E-state index contributed by atoms with van der Waals surface area (Å²) in [5.41, 5.74) is 5.88. The first kappa shape index (κ1) is 28.3. The lowest BCUT2D eigenvalue weighted by Crippen LogP contribution is -2.54. The maximum absolute atomic E-state index is 12.8. The number of amides is 5. The predicted molar refractivity (Wildman–Crippen MR) is 125 cm³/mol. The number of hydrogen-bond acceptors (Lipinski definition) is 9. The fourth-order valence-corrected chi connectivity index (χ4v) is 3.56. The van der Waals surface area contributed by atoms with Crippen LogP contribution in [-0.4, -0.2) is 86.7 Å². The van der Waals surface area contributed by atoms with Gasteiger partial charge in [-0.05, 0) is 24.6 Å². The molecule has 0 spiro atoms. The number of fused-ring (bicyclic) bond motifs is 1. The summed E-state index contributed by atoms with van der Waals surface area (Å²) in [4.78, 5) is 62.1. The van der Waals surface area contributed by atoms with E-state index in [2.05, 4.69) is 10.6 Å². The molecular weight excluding hydrogens is 484 g/mol. The highest BCUT2D eigenvalue weighted by atomic mass is 35.5. The van der Waals surface area contributed by atoms with Gasteiger partial charge in [-0.1, -0.05) is 0 Å². The number of anilines is 1. The highest BCUT2D eigenvalue weighted by Crippen LogP contribution is 2.29. The van der Waals surface area contributed by atoms with E-state index in [1.54, 1.807) is 0 Å². The number of carbonyl (C=O) groups is 5. The molecule has 12 nitrogen and oxygen atoms in total. The van der Waals surface area contributed by atoms with Gasteiger partial charge in [-0.2, -0.15) is 0 Å².